The van der Waals surface area contributed by atoms with Crippen LogP contribution in [0.2, 0.25) is 0 Å². The van der Waals surface area contributed by atoms with Gasteiger partial charge in [-0.25, -0.2) is 5.01 Å². The van der Waals surface area contributed by atoms with Crippen molar-refractivity contribution < 1.29 is 9.21 Å². The number of carbonyl (C=O) groups is 1. The highest BCUT2D eigenvalue weighted by atomic mass is 16.3. The summed E-state index contributed by atoms with van der Waals surface area (Å²) < 4.78 is 5.28. The average molecular weight is 254 g/mol. The third kappa shape index (κ3) is 2.05. The lowest BCUT2D eigenvalue weighted by Gasteiger charge is -2.13. The monoisotopic (exact) mass is 254 g/mol. The van der Waals surface area contributed by atoms with Crippen LogP contribution in [0, 0.1) is 13.8 Å². The number of hydrogen-bond donors (Lipinski definition) is 0. The first-order valence-electron chi connectivity index (χ1n) is 6.17. The van der Waals surface area contributed by atoms with Crippen LogP contribution < -0.4 is 5.01 Å². The van der Waals surface area contributed by atoms with Crippen molar-refractivity contribution in [1.82, 2.24) is 0 Å². The molecular formula is C15H14N2O2. The number of hydrazone groups is 1. The molecule has 96 valence electrons. The zero-order valence-electron chi connectivity index (χ0n) is 10.9. The van der Waals surface area contributed by atoms with Gasteiger partial charge in [0.1, 0.15) is 11.5 Å². The zero-order valence-corrected chi connectivity index (χ0v) is 10.9. The van der Waals surface area contributed by atoms with E-state index >= 15 is 0 Å². The lowest BCUT2D eigenvalue weighted by Crippen LogP contribution is -2.19. The van der Waals surface area contributed by atoms with Crippen LogP contribution in [0.15, 0.2) is 46.1 Å². The van der Waals surface area contributed by atoms with Crippen molar-refractivity contribution in [2.24, 2.45) is 5.10 Å². The second kappa shape index (κ2) is 4.39. The van der Waals surface area contributed by atoms with Gasteiger partial charge in [-0.05, 0) is 49.2 Å². The molecule has 19 heavy (non-hydrogen) atoms. The normalized spacial score (nSPS) is 14.9. The molecule has 1 aliphatic heterocycles. The lowest BCUT2D eigenvalue weighted by atomic mass is 10.1. The van der Waals surface area contributed by atoms with Gasteiger partial charge < -0.3 is 4.42 Å². The van der Waals surface area contributed by atoms with Crippen molar-refractivity contribution >= 4 is 17.3 Å². The highest BCUT2D eigenvalue weighted by Gasteiger charge is 2.27. The molecule has 0 fully saturated rings. The molecule has 3 rings (SSSR count). The molecule has 2 heterocycles. The minimum atomic E-state index is -0.0327. The van der Waals surface area contributed by atoms with Crippen molar-refractivity contribution in [1.29, 1.82) is 0 Å². The summed E-state index contributed by atoms with van der Waals surface area (Å²) in [7, 11) is 0. The number of carbonyl (C=O) groups excluding carboxylic acids is 1. The Labute approximate surface area is 111 Å². The Morgan fingerprint density at radius 1 is 1.21 bits per heavy atom. The third-order valence-electron chi connectivity index (χ3n) is 3.32. The number of amides is 1. The van der Waals surface area contributed by atoms with Gasteiger partial charge in [0.05, 0.1) is 18.4 Å². The molecule has 0 unspecified atom stereocenters. The van der Waals surface area contributed by atoms with Gasteiger partial charge in [-0.15, -0.1) is 0 Å². The van der Waals surface area contributed by atoms with Crippen molar-refractivity contribution in [3.63, 3.8) is 0 Å². The molecule has 4 nitrogen and oxygen atoms in total. The number of rotatable bonds is 2. The zero-order chi connectivity index (χ0) is 13.4. The van der Waals surface area contributed by atoms with Crippen molar-refractivity contribution in [3.8, 4) is 0 Å². The summed E-state index contributed by atoms with van der Waals surface area (Å²) in [5.74, 6) is 0.620. The molecule has 0 saturated heterocycles. The maximum Gasteiger partial charge on any atom is 0.253 e. The Hall–Kier alpha value is -2.36. The van der Waals surface area contributed by atoms with Crippen molar-refractivity contribution in [2.75, 3.05) is 5.01 Å². The van der Waals surface area contributed by atoms with E-state index in [1.54, 1.807) is 12.3 Å². The van der Waals surface area contributed by atoms with Gasteiger partial charge in [-0.3, -0.25) is 4.79 Å². The molecule has 1 aromatic heterocycles. The van der Waals surface area contributed by atoms with E-state index in [9.17, 15) is 4.79 Å². The van der Waals surface area contributed by atoms with Gasteiger partial charge >= 0.3 is 0 Å². The Morgan fingerprint density at radius 2 is 2.05 bits per heavy atom. The molecule has 0 N–H and O–H groups in total. The second-order valence-corrected chi connectivity index (χ2v) is 4.67. The number of aryl methyl sites for hydroxylation is 2. The third-order valence-corrected chi connectivity index (χ3v) is 3.32. The van der Waals surface area contributed by atoms with Crippen molar-refractivity contribution in [3.05, 3.63) is 53.5 Å². The van der Waals surface area contributed by atoms with Crippen LogP contribution in [0.4, 0.5) is 5.69 Å². The fourth-order valence-electron chi connectivity index (χ4n) is 2.07. The highest BCUT2D eigenvalue weighted by Crippen LogP contribution is 2.25. The van der Waals surface area contributed by atoms with Crippen LogP contribution in [0.5, 0.6) is 0 Å². The lowest BCUT2D eigenvalue weighted by molar-refractivity contribution is -0.116. The minimum Gasteiger partial charge on any atom is -0.463 e. The first kappa shape index (κ1) is 11.7. The Morgan fingerprint density at radius 3 is 2.74 bits per heavy atom. The first-order valence-corrected chi connectivity index (χ1v) is 6.17. The van der Waals surface area contributed by atoms with Gasteiger partial charge in [-0.2, -0.15) is 5.10 Å². The van der Waals surface area contributed by atoms with Crippen LogP contribution in [-0.4, -0.2) is 11.6 Å². The molecule has 0 aliphatic carbocycles. The van der Waals surface area contributed by atoms with E-state index in [2.05, 4.69) is 5.10 Å². The summed E-state index contributed by atoms with van der Waals surface area (Å²) in [6, 6.07) is 9.49. The Balaban J connectivity index is 1.96. The minimum absolute atomic E-state index is 0.0327. The van der Waals surface area contributed by atoms with E-state index in [1.807, 2.05) is 38.1 Å². The summed E-state index contributed by atoms with van der Waals surface area (Å²) in [5.41, 5.74) is 3.82. The Kier molecular flexibility index (Phi) is 2.71. The topological polar surface area (TPSA) is 45.8 Å². The van der Waals surface area contributed by atoms with Gasteiger partial charge in [-0.1, -0.05) is 6.07 Å². The fourth-order valence-corrected chi connectivity index (χ4v) is 2.07. The maximum atomic E-state index is 12.0. The SMILES string of the molecule is Cc1ccc(N2N=C(c3ccco3)CC2=O)cc1C. The number of nitrogens with zero attached hydrogens (tertiary/aromatic N) is 2. The maximum absolute atomic E-state index is 12.0. The summed E-state index contributed by atoms with van der Waals surface area (Å²) in [6.07, 6.45) is 1.86. The smallest absolute Gasteiger partial charge is 0.253 e. The molecule has 1 aromatic carbocycles. The van der Waals surface area contributed by atoms with E-state index in [-0.39, 0.29) is 12.3 Å². The molecule has 4 heteroatoms. The molecule has 1 aliphatic rings. The number of benzene rings is 1. The van der Waals surface area contributed by atoms with Crippen LogP contribution >= 0.6 is 0 Å². The van der Waals surface area contributed by atoms with E-state index in [4.69, 9.17) is 4.42 Å². The summed E-state index contributed by atoms with van der Waals surface area (Å²) >= 11 is 0. The van der Waals surface area contributed by atoms with Crippen LogP contribution in [0.1, 0.15) is 23.3 Å². The van der Waals surface area contributed by atoms with Gasteiger partial charge in [0, 0.05) is 0 Å². The number of furan rings is 1. The van der Waals surface area contributed by atoms with E-state index in [0.717, 1.165) is 11.3 Å². The predicted molar refractivity (Wildman–Crippen MR) is 73.3 cm³/mol. The molecule has 0 spiro atoms. The molecular weight excluding hydrogens is 240 g/mol. The molecule has 0 atom stereocenters. The molecule has 0 bridgehead atoms. The fraction of sp³-hybridized carbons (Fsp3) is 0.200. The van der Waals surface area contributed by atoms with Crippen LogP contribution in [0.25, 0.3) is 0 Å². The van der Waals surface area contributed by atoms with E-state index in [1.165, 1.54) is 10.6 Å². The molecule has 0 saturated carbocycles. The van der Waals surface area contributed by atoms with Crippen LogP contribution in [-0.2, 0) is 4.79 Å². The van der Waals surface area contributed by atoms with Crippen LogP contribution in [0.3, 0.4) is 0 Å². The number of anilines is 1. The summed E-state index contributed by atoms with van der Waals surface area (Å²) in [4.78, 5) is 12.0. The largest absolute Gasteiger partial charge is 0.463 e. The van der Waals surface area contributed by atoms with E-state index in [0.29, 0.717) is 11.5 Å². The average Bonchev–Trinajstić information content (AvgIpc) is 3.01. The number of hydrogen-bond acceptors (Lipinski definition) is 3. The predicted octanol–water partition coefficient (Wildman–Crippen LogP) is 3.04. The van der Waals surface area contributed by atoms with Gasteiger partial charge in [0.2, 0.25) is 0 Å². The second-order valence-electron chi connectivity index (χ2n) is 4.67. The van der Waals surface area contributed by atoms with Crippen molar-refractivity contribution in [2.45, 2.75) is 20.3 Å². The summed E-state index contributed by atoms with van der Waals surface area (Å²) in [5, 5.41) is 5.81. The van der Waals surface area contributed by atoms with E-state index < -0.39 is 0 Å². The Bertz CT molecular complexity index is 657. The summed E-state index contributed by atoms with van der Waals surface area (Å²) in [6.45, 7) is 4.07. The quantitative estimate of drug-likeness (QED) is 0.826. The molecule has 1 amide bonds. The molecule has 2 aromatic rings. The first-order chi connectivity index (χ1) is 9.15. The molecule has 0 radical (unpaired) electrons. The van der Waals surface area contributed by atoms with Gasteiger partial charge in [0.25, 0.3) is 5.91 Å². The standard InChI is InChI=1S/C15H14N2O2/c1-10-5-6-12(8-11(10)2)17-15(18)9-13(16-17)14-4-3-7-19-14/h3-8H,9H2,1-2H3. The highest BCUT2D eigenvalue weighted by molar-refractivity contribution is 6.18. The van der Waals surface area contributed by atoms with Gasteiger partial charge in [0.15, 0.2) is 0 Å².